The van der Waals surface area contributed by atoms with Crippen molar-refractivity contribution in [3.8, 4) is 0 Å². The number of aryl methyl sites for hydroxylation is 1. The number of amides is 1. The minimum absolute atomic E-state index is 0. The summed E-state index contributed by atoms with van der Waals surface area (Å²) in [6, 6.07) is 2.14. The number of hydrogen-bond acceptors (Lipinski definition) is 2. The molecule has 0 aromatic heterocycles. The molecule has 18 heavy (non-hydrogen) atoms. The lowest BCUT2D eigenvalue weighted by Crippen LogP contribution is -2.49. The van der Waals surface area contributed by atoms with Crippen molar-refractivity contribution >= 4 is 18.5 Å². The van der Waals surface area contributed by atoms with Crippen LogP contribution in [0.4, 0.5) is 18.0 Å². The number of nitrogens with one attached hydrogen (secondary N) is 1. The third-order valence-corrected chi connectivity index (χ3v) is 2.60. The Hall–Kier alpha value is -1.43. The lowest BCUT2D eigenvalue weighted by molar-refractivity contribution is -0.104. The zero-order chi connectivity index (χ0) is 12.6. The number of carbonyl (C=O) groups excluding carboxylic acids is 1. The van der Waals surface area contributed by atoms with E-state index in [0.29, 0.717) is 0 Å². The van der Waals surface area contributed by atoms with E-state index in [2.05, 4.69) is 4.74 Å². The molecule has 1 saturated heterocycles. The fraction of sp³-hybridized carbons (Fsp3) is 0.364. The summed E-state index contributed by atoms with van der Waals surface area (Å²) in [6.07, 6.45) is -0.900. The van der Waals surface area contributed by atoms with Crippen LogP contribution in [0.1, 0.15) is 17.2 Å². The molecule has 1 aromatic carbocycles. The first-order valence-electron chi connectivity index (χ1n) is 4.97. The molecule has 1 amide bonds. The highest BCUT2D eigenvalue weighted by Gasteiger charge is 2.46. The van der Waals surface area contributed by atoms with Crippen LogP contribution >= 0.6 is 12.4 Å². The molecule has 1 aromatic rings. The highest BCUT2D eigenvalue weighted by molar-refractivity contribution is 5.85. The molecule has 1 fully saturated rings. The van der Waals surface area contributed by atoms with Crippen molar-refractivity contribution in [2.45, 2.75) is 18.9 Å². The van der Waals surface area contributed by atoms with Crippen LogP contribution in [0, 0.1) is 12.7 Å². The maximum absolute atomic E-state index is 13.5. The van der Waals surface area contributed by atoms with Crippen molar-refractivity contribution in [3.05, 3.63) is 35.1 Å². The number of carbonyl (C=O) groups is 1. The quantitative estimate of drug-likeness (QED) is 0.859. The Bertz CT molecular complexity index is 468. The van der Waals surface area contributed by atoms with E-state index in [4.69, 9.17) is 0 Å². The van der Waals surface area contributed by atoms with Gasteiger partial charge in [-0.15, -0.1) is 12.4 Å². The monoisotopic (exact) mass is 281 g/mol. The molecule has 2 rings (SSSR count). The standard InChI is InChI=1S/C11H10F3NO2.ClH/c1-6-4-7(2-3-8(6)12)9-11(13,14)5-17-10(16)15-9;/h2-4,9H,5H2,1H3,(H,15,16);1H/t9-;/m0./s1. The Morgan fingerprint density at radius 3 is 2.72 bits per heavy atom. The van der Waals surface area contributed by atoms with Gasteiger partial charge in [-0.25, -0.2) is 18.0 Å². The maximum atomic E-state index is 13.5. The molecule has 7 heteroatoms. The molecule has 1 atom stereocenters. The summed E-state index contributed by atoms with van der Waals surface area (Å²) in [5, 5.41) is 2.04. The fourth-order valence-corrected chi connectivity index (χ4v) is 1.68. The van der Waals surface area contributed by atoms with E-state index in [1.807, 2.05) is 5.32 Å². The molecule has 3 nitrogen and oxygen atoms in total. The van der Waals surface area contributed by atoms with Crippen molar-refractivity contribution in [2.24, 2.45) is 0 Å². The second-order valence-electron chi connectivity index (χ2n) is 3.92. The summed E-state index contributed by atoms with van der Waals surface area (Å²) < 4.78 is 44.3. The van der Waals surface area contributed by atoms with E-state index in [1.54, 1.807) is 0 Å². The van der Waals surface area contributed by atoms with Crippen molar-refractivity contribution in [3.63, 3.8) is 0 Å². The zero-order valence-electron chi connectivity index (χ0n) is 9.38. The van der Waals surface area contributed by atoms with Crippen molar-refractivity contribution in [1.82, 2.24) is 5.32 Å². The SMILES string of the molecule is Cc1cc([C@@H]2NC(=O)OCC2(F)F)ccc1F.Cl. The average Bonchev–Trinajstić information content (AvgIpc) is 2.26. The molecular weight excluding hydrogens is 271 g/mol. The molecule has 1 heterocycles. The molecule has 0 radical (unpaired) electrons. The molecule has 0 aliphatic carbocycles. The van der Waals surface area contributed by atoms with Gasteiger partial charge in [-0.2, -0.15) is 0 Å². The van der Waals surface area contributed by atoms with E-state index in [9.17, 15) is 18.0 Å². The first kappa shape index (κ1) is 14.6. The van der Waals surface area contributed by atoms with Gasteiger partial charge < -0.3 is 10.1 Å². The number of alkyl halides is 2. The van der Waals surface area contributed by atoms with Gasteiger partial charge in [0, 0.05) is 0 Å². The second kappa shape index (κ2) is 5.06. The molecule has 0 saturated carbocycles. The van der Waals surface area contributed by atoms with E-state index in [1.165, 1.54) is 19.1 Å². The second-order valence-corrected chi connectivity index (χ2v) is 3.92. The van der Waals surface area contributed by atoms with Gasteiger partial charge in [0.25, 0.3) is 0 Å². The van der Waals surface area contributed by atoms with E-state index < -0.39 is 30.5 Å². The van der Waals surface area contributed by atoms with Gasteiger partial charge in [0.15, 0.2) is 6.61 Å². The topological polar surface area (TPSA) is 38.3 Å². The number of cyclic esters (lactones) is 1. The van der Waals surface area contributed by atoms with Crippen LogP contribution in [0.3, 0.4) is 0 Å². The zero-order valence-corrected chi connectivity index (χ0v) is 10.2. The van der Waals surface area contributed by atoms with Gasteiger partial charge in [0.1, 0.15) is 11.9 Å². The van der Waals surface area contributed by atoms with Crippen LogP contribution in [0.5, 0.6) is 0 Å². The number of rotatable bonds is 1. The third-order valence-electron chi connectivity index (χ3n) is 2.60. The van der Waals surface area contributed by atoms with Gasteiger partial charge in [-0.1, -0.05) is 12.1 Å². The van der Waals surface area contributed by atoms with E-state index in [-0.39, 0.29) is 23.5 Å². The largest absolute Gasteiger partial charge is 0.443 e. The maximum Gasteiger partial charge on any atom is 0.408 e. The van der Waals surface area contributed by atoms with Crippen LogP contribution in [-0.4, -0.2) is 18.6 Å². The molecule has 0 bridgehead atoms. The first-order valence-corrected chi connectivity index (χ1v) is 4.97. The molecule has 0 unspecified atom stereocenters. The number of halogens is 4. The lowest BCUT2D eigenvalue weighted by atomic mass is 9.98. The molecule has 1 aliphatic heterocycles. The van der Waals surface area contributed by atoms with Gasteiger partial charge in [-0.3, -0.25) is 0 Å². The number of hydrogen-bond donors (Lipinski definition) is 1. The van der Waals surface area contributed by atoms with Gasteiger partial charge >= 0.3 is 12.0 Å². The Morgan fingerprint density at radius 2 is 2.11 bits per heavy atom. The summed E-state index contributed by atoms with van der Waals surface area (Å²) in [5.74, 6) is -3.69. The van der Waals surface area contributed by atoms with Crippen LogP contribution in [0.25, 0.3) is 0 Å². The summed E-state index contributed by atoms with van der Waals surface area (Å²) in [4.78, 5) is 10.9. The first-order chi connectivity index (χ1) is 7.90. The van der Waals surface area contributed by atoms with Gasteiger partial charge in [0.2, 0.25) is 0 Å². The predicted octanol–water partition coefficient (Wildman–Crippen LogP) is 2.97. The molecule has 1 N–H and O–H groups in total. The normalized spacial score (nSPS) is 21.6. The smallest absolute Gasteiger partial charge is 0.408 e. The minimum Gasteiger partial charge on any atom is -0.443 e. The van der Waals surface area contributed by atoms with Gasteiger partial charge in [-0.05, 0) is 24.1 Å². The Labute approximate surface area is 108 Å². The molecule has 1 aliphatic rings. The third kappa shape index (κ3) is 2.69. The number of benzene rings is 1. The van der Waals surface area contributed by atoms with Crippen molar-refractivity contribution < 1.29 is 22.7 Å². The summed E-state index contributed by atoms with van der Waals surface area (Å²) >= 11 is 0. The molecule has 0 spiro atoms. The van der Waals surface area contributed by atoms with Crippen molar-refractivity contribution in [1.29, 1.82) is 0 Å². The summed E-state index contributed by atoms with van der Waals surface area (Å²) in [7, 11) is 0. The number of alkyl carbamates (subject to hydrolysis) is 1. The van der Waals surface area contributed by atoms with Crippen molar-refractivity contribution in [2.75, 3.05) is 6.61 Å². The minimum atomic E-state index is -3.21. The highest BCUT2D eigenvalue weighted by Crippen LogP contribution is 2.34. The molecular formula is C11H11ClF3NO2. The number of ether oxygens (including phenoxy) is 1. The van der Waals surface area contributed by atoms with Crippen LogP contribution in [0.15, 0.2) is 18.2 Å². The Morgan fingerprint density at radius 1 is 1.44 bits per heavy atom. The van der Waals surface area contributed by atoms with Crippen LogP contribution < -0.4 is 5.32 Å². The lowest BCUT2D eigenvalue weighted by Gasteiger charge is -2.31. The van der Waals surface area contributed by atoms with Gasteiger partial charge in [0.05, 0.1) is 0 Å². The van der Waals surface area contributed by atoms with E-state index in [0.717, 1.165) is 6.07 Å². The van der Waals surface area contributed by atoms with E-state index >= 15 is 0 Å². The predicted molar refractivity (Wildman–Crippen MR) is 60.6 cm³/mol. The van der Waals surface area contributed by atoms with Crippen LogP contribution in [0.2, 0.25) is 0 Å². The Kier molecular flexibility index (Phi) is 4.11. The fourth-order valence-electron chi connectivity index (χ4n) is 1.68. The summed E-state index contributed by atoms with van der Waals surface area (Å²) in [5.41, 5.74) is 0.407. The molecule has 100 valence electrons. The van der Waals surface area contributed by atoms with Crippen LogP contribution in [-0.2, 0) is 4.74 Å². The average molecular weight is 282 g/mol. The summed E-state index contributed by atoms with van der Waals surface area (Å²) in [6.45, 7) is 0.498. The Balaban J connectivity index is 0.00000162. The highest BCUT2D eigenvalue weighted by atomic mass is 35.5.